The van der Waals surface area contributed by atoms with Gasteiger partial charge >= 0.3 is 0 Å². The van der Waals surface area contributed by atoms with E-state index in [0.717, 1.165) is 14.9 Å². The van der Waals surface area contributed by atoms with Crippen LogP contribution in [0.1, 0.15) is 16.8 Å². The third-order valence-electron chi connectivity index (χ3n) is 2.38. The van der Waals surface area contributed by atoms with Crippen molar-refractivity contribution in [3.05, 3.63) is 35.0 Å². The summed E-state index contributed by atoms with van der Waals surface area (Å²) in [5, 5.41) is 1.06. The van der Waals surface area contributed by atoms with Crippen LogP contribution < -0.4 is 0 Å². The van der Waals surface area contributed by atoms with Crippen molar-refractivity contribution in [1.82, 2.24) is 4.98 Å². The van der Waals surface area contributed by atoms with E-state index in [4.69, 9.17) is 0 Å². The van der Waals surface area contributed by atoms with Crippen molar-refractivity contribution < 1.29 is 0 Å². The number of thiazole rings is 1. The van der Waals surface area contributed by atoms with E-state index in [2.05, 4.69) is 49.7 Å². The first-order chi connectivity index (χ1) is 7.08. The van der Waals surface area contributed by atoms with Gasteiger partial charge in [0.05, 0.1) is 9.90 Å². The second-order valence-electron chi connectivity index (χ2n) is 3.73. The highest BCUT2D eigenvalue weighted by Crippen LogP contribution is 2.32. The quantitative estimate of drug-likeness (QED) is 0.736. The third kappa shape index (κ3) is 2.08. The van der Waals surface area contributed by atoms with E-state index in [9.17, 15) is 0 Å². The molecule has 2 rings (SSSR count). The summed E-state index contributed by atoms with van der Waals surface area (Å²) in [5.74, 6) is 0. The van der Waals surface area contributed by atoms with E-state index in [0.29, 0.717) is 0 Å². The van der Waals surface area contributed by atoms with Gasteiger partial charge in [0.15, 0.2) is 0 Å². The van der Waals surface area contributed by atoms with E-state index in [1.165, 1.54) is 16.7 Å². The van der Waals surface area contributed by atoms with Crippen molar-refractivity contribution in [3.8, 4) is 10.6 Å². The lowest BCUT2D eigenvalue weighted by Crippen LogP contribution is -1.83. The minimum absolute atomic E-state index is 1.00. The van der Waals surface area contributed by atoms with Crippen LogP contribution in [0, 0.1) is 20.8 Å². The molecule has 0 radical (unpaired) electrons. The number of thiol groups is 1. The van der Waals surface area contributed by atoms with E-state index in [1.807, 2.05) is 6.92 Å². The maximum atomic E-state index is 4.51. The van der Waals surface area contributed by atoms with Crippen molar-refractivity contribution in [3.63, 3.8) is 0 Å². The molecule has 0 atom stereocenters. The second kappa shape index (κ2) is 3.99. The van der Waals surface area contributed by atoms with Crippen molar-refractivity contribution in [2.45, 2.75) is 25.0 Å². The fourth-order valence-corrected chi connectivity index (χ4v) is 2.76. The predicted octanol–water partition coefficient (Wildman–Crippen LogP) is 4.02. The fraction of sp³-hybridized carbons (Fsp3) is 0.250. The molecule has 0 fully saturated rings. The topological polar surface area (TPSA) is 12.9 Å². The van der Waals surface area contributed by atoms with Gasteiger partial charge in [-0.2, -0.15) is 0 Å². The Labute approximate surface area is 99.6 Å². The Bertz CT molecular complexity index is 481. The molecule has 1 aromatic carbocycles. The number of hydrogen-bond donors (Lipinski definition) is 1. The highest BCUT2D eigenvalue weighted by molar-refractivity contribution is 7.83. The third-order valence-corrected chi connectivity index (χ3v) is 3.98. The molecule has 0 unspecified atom stereocenters. The van der Waals surface area contributed by atoms with E-state index < -0.39 is 0 Å². The van der Waals surface area contributed by atoms with Crippen molar-refractivity contribution in [2.24, 2.45) is 0 Å². The predicted molar refractivity (Wildman–Crippen MR) is 69.0 cm³/mol. The smallest absolute Gasteiger partial charge is 0.124 e. The van der Waals surface area contributed by atoms with Gasteiger partial charge < -0.3 is 0 Å². The first-order valence-corrected chi connectivity index (χ1v) is 6.08. The molecule has 15 heavy (non-hydrogen) atoms. The Balaban J connectivity index is 2.54. The summed E-state index contributed by atoms with van der Waals surface area (Å²) < 4.78 is 1.00. The van der Waals surface area contributed by atoms with Crippen molar-refractivity contribution in [1.29, 1.82) is 0 Å². The van der Waals surface area contributed by atoms with Crippen LogP contribution in [0.3, 0.4) is 0 Å². The average molecular weight is 235 g/mol. The number of benzene rings is 1. The van der Waals surface area contributed by atoms with Crippen LogP contribution in [0.5, 0.6) is 0 Å². The van der Waals surface area contributed by atoms with Gasteiger partial charge in [0.25, 0.3) is 0 Å². The van der Waals surface area contributed by atoms with Crippen molar-refractivity contribution >= 4 is 24.0 Å². The lowest BCUT2D eigenvalue weighted by molar-refractivity contribution is 1.21. The number of aromatic nitrogens is 1. The largest absolute Gasteiger partial charge is 0.240 e. The second-order valence-corrected chi connectivity index (χ2v) is 5.48. The van der Waals surface area contributed by atoms with Gasteiger partial charge in [0.2, 0.25) is 0 Å². The maximum absolute atomic E-state index is 4.51. The van der Waals surface area contributed by atoms with Gasteiger partial charge in [0.1, 0.15) is 5.01 Å². The van der Waals surface area contributed by atoms with Crippen LogP contribution in [-0.2, 0) is 0 Å². The summed E-state index contributed by atoms with van der Waals surface area (Å²) in [6.07, 6.45) is 0. The van der Waals surface area contributed by atoms with Crippen LogP contribution in [-0.4, -0.2) is 4.98 Å². The molecule has 0 bridgehead atoms. The molecule has 2 aromatic rings. The Morgan fingerprint density at radius 1 is 1.20 bits per heavy atom. The Hall–Kier alpha value is -0.800. The van der Waals surface area contributed by atoms with Gasteiger partial charge in [-0.15, -0.1) is 24.0 Å². The zero-order chi connectivity index (χ0) is 11.0. The molecule has 0 spiro atoms. The molecule has 1 nitrogen and oxygen atoms in total. The monoisotopic (exact) mass is 235 g/mol. The standard InChI is InChI=1S/C12H13NS2/c1-7-4-5-10(8(2)6-7)11-13-9(3)12(14)15-11/h4-6,14H,1-3H3. The molecule has 0 saturated heterocycles. The van der Waals surface area contributed by atoms with Crippen LogP contribution in [0.2, 0.25) is 0 Å². The Morgan fingerprint density at radius 2 is 1.93 bits per heavy atom. The molecular formula is C12H13NS2. The molecule has 0 amide bonds. The lowest BCUT2D eigenvalue weighted by atomic mass is 10.1. The minimum atomic E-state index is 1.00. The number of hydrogen-bond acceptors (Lipinski definition) is 3. The van der Waals surface area contributed by atoms with Gasteiger partial charge in [-0.1, -0.05) is 23.8 Å². The zero-order valence-electron chi connectivity index (χ0n) is 9.03. The van der Waals surface area contributed by atoms with E-state index in [1.54, 1.807) is 11.3 Å². The number of rotatable bonds is 1. The highest BCUT2D eigenvalue weighted by Gasteiger charge is 2.08. The molecular weight excluding hydrogens is 222 g/mol. The molecule has 1 heterocycles. The minimum Gasteiger partial charge on any atom is -0.240 e. The molecule has 3 heteroatoms. The van der Waals surface area contributed by atoms with Gasteiger partial charge in [-0.25, -0.2) is 4.98 Å². The summed E-state index contributed by atoms with van der Waals surface area (Å²) in [6.45, 7) is 6.22. The van der Waals surface area contributed by atoms with E-state index in [-0.39, 0.29) is 0 Å². The van der Waals surface area contributed by atoms with Crippen LogP contribution in [0.15, 0.2) is 22.4 Å². The molecule has 0 saturated carbocycles. The van der Waals surface area contributed by atoms with Gasteiger partial charge in [-0.05, 0) is 26.3 Å². The first kappa shape index (κ1) is 10.7. The Kier molecular flexibility index (Phi) is 2.85. The summed E-state index contributed by atoms with van der Waals surface area (Å²) in [7, 11) is 0. The summed E-state index contributed by atoms with van der Waals surface area (Å²) in [6, 6.07) is 6.44. The molecule has 0 aliphatic carbocycles. The Morgan fingerprint density at radius 3 is 2.47 bits per heavy atom. The number of nitrogens with zero attached hydrogens (tertiary/aromatic N) is 1. The normalized spacial score (nSPS) is 10.7. The first-order valence-electron chi connectivity index (χ1n) is 4.82. The van der Waals surface area contributed by atoms with Gasteiger partial charge in [-0.3, -0.25) is 0 Å². The highest BCUT2D eigenvalue weighted by atomic mass is 32.2. The van der Waals surface area contributed by atoms with Crippen LogP contribution in [0.4, 0.5) is 0 Å². The number of aryl methyl sites for hydroxylation is 3. The molecule has 0 N–H and O–H groups in total. The SMILES string of the molecule is Cc1ccc(-c2nc(C)c(S)s2)c(C)c1. The van der Waals surface area contributed by atoms with E-state index >= 15 is 0 Å². The summed E-state index contributed by atoms with van der Waals surface area (Å²) >= 11 is 6.02. The maximum Gasteiger partial charge on any atom is 0.124 e. The lowest BCUT2D eigenvalue weighted by Gasteiger charge is -2.02. The van der Waals surface area contributed by atoms with Crippen LogP contribution >= 0.6 is 24.0 Å². The molecule has 78 valence electrons. The zero-order valence-corrected chi connectivity index (χ0v) is 10.7. The molecule has 0 aliphatic rings. The van der Waals surface area contributed by atoms with Crippen LogP contribution in [0.25, 0.3) is 10.6 Å². The summed E-state index contributed by atoms with van der Waals surface area (Å²) in [5.41, 5.74) is 4.79. The molecule has 0 aliphatic heterocycles. The summed E-state index contributed by atoms with van der Waals surface area (Å²) in [4.78, 5) is 4.51. The van der Waals surface area contributed by atoms with Crippen molar-refractivity contribution in [2.75, 3.05) is 0 Å². The fourth-order valence-electron chi connectivity index (χ4n) is 1.56. The molecule has 1 aromatic heterocycles. The average Bonchev–Trinajstić information content (AvgIpc) is 2.46. The van der Waals surface area contributed by atoms with Gasteiger partial charge in [0, 0.05) is 5.56 Å².